The highest BCUT2D eigenvalue weighted by atomic mass is 16.6. The van der Waals surface area contributed by atoms with Crippen molar-refractivity contribution in [3.63, 3.8) is 0 Å². The van der Waals surface area contributed by atoms with Crippen molar-refractivity contribution < 1.29 is 19.6 Å². The number of nitro benzene ring substituents is 1. The van der Waals surface area contributed by atoms with E-state index in [0.717, 1.165) is 4.90 Å². The number of carbonyl (C=O) groups is 2. The van der Waals surface area contributed by atoms with E-state index < -0.39 is 22.3 Å². The molecule has 0 saturated carbocycles. The molecule has 0 fully saturated rings. The molecule has 1 N–H and O–H groups in total. The summed E-state index contributed by atoms with van der Waals surface area (Å²) in [6.45, 7) is 2.82. The first-order valence-electron chi connectivity index (χ1n) is 6.10. The highest BCUT2D eigenvalue weighted by molar-refractivity contribution is 5.95. The van der Waals surface area contributed by atoms with E-state index in [2.05, 4.69) is 0 Å². The van der Waals surface area contributed by atoms with Gasteiger partial charge in [0.1, 0.15) is 5.54 Å². The van der Waals surface area contributed by atoms with E-state index in [1.54, 1.807) is 6.07 Å². The van der Waals surface area contributed by atoms with E-state index in [4.69, 9.17) is 5.11 Å². The molecule has 0 unspecified atom stereocenters. The van der Waals surface area contributed by atoms with Gasteiger partial charge in [-0.05, 0) is 25.5 Å². The predicted molar refractivity (Wildman–Crippen MR) is 76.6 cm³/mol. The van der Waals surface area contributed by atoms with Crippen molar-refractivity contribution >= 4 is 23.6 Å². The van der Waals surface area contributed by atoms with Gasteiger partial charge in [-0.25, -0.2) is 4.79 Å². The highest BCUT2D eigenvalue weighted by Gasteiger charge is 2.34. The fraction of sp³-hybridized carbons (Fsp3) is 0.286. The molecule has 21 heavy (non-hydrogen) atoms. The van der Waals surface area contributed by atoms with Gasteiger partial charge >= 0.3 is 5.97 Å². The van der Waals surface area contributed by atoms with Crippen LogP contribution in [0, 0.1) is 10.1 Å². The van der Waals surface area contributed by atoms with Gasteiger partial charge < -0.3 is 10.0 Å². The lowest BCUT2D eigenvalue weighted by molar-refractivity contribution is -0.384. The van der Waals surface area contributed by atoms with Crippen molar-refractivity contribution in [3.05, 3.63) is 46.0 Å². The minimum atomic E-state index is -1.34. The molecule has 0 heterocycles. The number of nitro groups is 1. The van der Waals surface area contributed by atoms with E-state index >= 15 is 0 Å². The Hall–Kier alpha value is -2.70. The van der Waals surface area contributed by atoms with Gasteiger partial charge in [0.05, 0.1) is 4.92 Å². The van der Waals surface area contributed by atoms with Crippen molar-refractivity contribution in [1.29, 1.82) is 0 Å². The van der Waals surface area contributed by atoms with Gasteiger partial charge in [-0.1, -0.05) is 12.1 Å². The highest BCUT2D eigenvalue weighted by Crippen LogP contribution is 2.16. The maximum absolute atomic E-state index is 11.9. The largest absolute Gasteiger partial charge is 0.480 e. The quantitative estimate of drug-likeness (QED) is 0.507. The molecule has 0 radical (unpaired) electrons. The molecular formula is C14H16N2O5. The van der Waals surface area contributed by atoms with E-state index in [9.17, 15) is 19.7 Å². The Morgan fingerprint density at radius 1 is 1.38 bits per heavy atom. The van der Waals surface area contributed by atoms with Crippen molar-refractivity contribution in [2.75, 3.05) is 7.05 Å². The lowest BCUT2D eigenvalue weighted by Crippen LogP contribution is -2.50. The molecule has 0 bridgehead atoms. The van der Waals surface area contributed by atoms with Crippen LogP contribution in [0.1, 0.15) is 19.4 Å². The van der Waals surface area contributed by atoms with Crippen LogP contribution in [0.25, 0.3) is 6.08 Å². The topological polar surface area (TPSA) is 101 Å². The zero-order valence-electron chi connectivity index (χ0n) is 11.9. The van der Waals surface area contributed by atoms with E-state index in [1.165, 1.54) is 51.2 Å². The zero-order valence-corrected chi connectivity index (χ0v) is 11.9. The summed E-state index contributed by atoms with van der Waals surface area (Å²) in [5, 5.41) is 19.7. The molecule has 1 amide bonds. The molecular weight excluding hydrogens is 276 g/mol. The van der Waals surface area contributed by atoms with Gasteiger partial charge in [0.2, 0.25) is 5.91 Å². The van der Waals surface area contributed by atoms with Gasteiger partial charge in [0, 0.05) is 25.3 Å². The number of hydrogen-bond acceptors (Lipinski definition) is 4. The fourth-order valence-electron chi connectivity index (χ4n) is 1.44. The summed E-state index contributed by atoms with van der Waals surface area (Å²) in [6.07, 6.45) is 2.59. The second-order valence-corrected chi connectivity index (χ2v) is 4.95. The Morgan fingerprint density at radius 3 is 2.52 bits per heavy atom. The normalized spacial score (nSPS) is 11.4. The number of non-ortho nitro benzene ring substituents is 1. The number of carboxylic acid groups (broad SMARTS) is 1. The van der Waals surface area contributed by atoms with Crippen molar-refractivity contribution in [3.8, 4) is 0 Å². The lowest BCUT2D eigenvalue weighted by Gasteiger charge is -2.30. The Labute approximate surface area is 121 Å². The zero-order chi connectivity index (χ0) is 16.2. The summed E-state index contributed by atoms with van der Waals surface area (Å²) in [5.41, 5.74) is -0.938. The number of aliphatic carboxylic acids is 1. The first kappa shape index (κ1) is 16.4. The Kier molecular flexibility index (Phi) is 4.80. The molecule has 7 nitrogen and oxygen atoms in total. The number of likely N-dealkylation sites (N-methyl/N-ethyl adjacent to an activating group) is 1. The number of amides is 1. The van der Waals surface area contributed by atoms with Crippen molar-refractivity contribution in [2.45, 2.75) is 19.4 Å². The van der Waals surface area contributed by atoms with Gasteiger partial charge in [-0.3, -0.25) is 14.9 Å². The number of carbonyl (C=O) groups excluding carboxylic acids is 1. The molecule has 1 aromatic carbocycles. The summed E-state index contributed by atoms with van der Waals surface area (Å²) in [5.74, 6) is -1.63. The lowest BCUT2D eigenvalue weighted by atomic mass is 10.0. The van der Waals surface area contributed by atoms with Crippen LogP contribution in [0.3, 0.4) is 0 Å². The maximum atomic E-state index is 11.9. The molecule has 7 heteroatoms. The summed E-state index contributed by atoms with van der Waals surface area (Å²) in [7, 11) is 1.38. The van der Waals surface area contributed by atoms with Gasteiger partial charge in [-0.15, -0.1) is 0 Å². The first-order valence-corrected chi connectivity index (χ1v) is 6.10. The van der Waals surface area contributed by atoms with Crippen LogP contribution in [0.5, 0.6) is 0 Å². The van der Waals surface area contributed by atoms with Gasteiger partial charge in [0.25, 0.3) is 5.69 Å². The average Bonchev–Trinajstić information content (AvgIpc) is 2.43. The third-order valence-electron chi connectivity index (χ3n) is 3.19. The third kappa shape index (κ3) is 3.88. The number of benzene rings is 1. The average molecular weight is 292 g/mol. The summed E-state index contributed by atoms with van der Waals surface area (Å²) in [6, 6.07) is 5.79. The molecule has 0 spiro atoms. The van der Waals surface area contributed by atoms with Gasteiger partial charge in [-0.2, -0.15) is 0 Å². The number of hydrogen-bond donors (Lipinski definition) is 1. The van der Waals surface area contributed by atoms with Gasteiger partial charge in [0.15, 0.2) is 0 Å². The van der Waals surface area contributed by atoms with E-state index in [0.29, 0.717) is 5.56 Å². The molecule has 0 aliphatic rings. The Balaban J connectivity index is 2.90. The molecule has 0 atom stereocenters. The van der Waals surface area contributed by atoms with Crippen molar-refractivity contribution in [2.24, 2.45) is 0 Å². The van der Waals surface area contributed by atoms with Crippen LogP contribution < -0.4 is 0 Å². The molecule has 1 aromatic rings. The summed E-state index contributed by atoms with van der Waals surface area (Å²) in [4.78, 5) is 34.2. The summed E-state index contributed by atoms with van der Waals surface area (Å²) < 4.78 is 0. The number of carboxylic acids is 1. The number of nitrogens with zero attached hydrogens (tertiary/aromatic N) is 2. The van der Waals surface area contributed by atoms with Crippen LogP contribution in [0.2, 0.25) is 0 Å². The van der Waals surface area contributed by atoms with Crippen LogP contribution >= 0.6 is 0 Å². The fourth-order valence-corrected chi connectivity index (χ4v) is 1.44. The minimum Gasteiger partial charge on any atom is -0.480 e. The van der Waals surface area contributed by atoms with Crippen molar-refractivity contribution in [1.82, 2.24) is 4.90 Å². The molecule has 0 aliphatic carbocycles. The SMILES string of the molecule is CN(C(=O)C=Cc1cccc([N+](=O)[O-])c1)C(C)(C)C(=O)O. The smallest absolute Gasteiger partial charge is 0.329 e. The van der Waals surface area contributed by atoms with Crippen LogP contribution in [0.15, 0.2) is 30.3 Å². The maximum Gasteiger partial charge on any atom is 0.329 e. The predicted octanol–water partition coefficient (Wildman–Crippen LogP) is 1.93. The Morgan fingerprint density at radius 2 is 2.00 bits per heavy atom. The second kappa shape index (κ2) is 6.17. The molecule has 0 aliphatic heterocycles. The summed E-state index contributed by atoms with van der Waals surface area (Å²) >= 11 is 0. The third-order valence-corrected chi connectivity index (χ3v) is 3.19. The second-order valence-electron chi connectivity index (χ2n) is 4.95. The van der Waals surface area contributed by atoms with Crippen LogP contribution in [-0.2, 0) is 9.59 Å². The minimum absolute atomic E-state index is 0.0798. The van der Waals surface area contributed by atoms with Crippen LogP contribution in [-0.4, -0.2) is 39.4 Å². The number of rotatable bonds is 5. The monoisotopic (exact) mass is 292 g/mol. The molecule has 0 aromatic heterocycles. The standard InChI is InChI=1S/C14H16N2O5/c1-14(2,13(18)19)15(3)12(17)8-7-10-5-4-6-11(9-10)16(20)21/h4-9H,1-3H3,(H,18,19). The molecule has 1 rings (SSSR count). The van der Waals surface area contributed by atoms with Crippen LogP contribution in [0.4, 0.5) is 5.69 Å². The Bertz CT molecular complexity index is 607. The first-order chi connectivity index (χ1) is 9.66. The molecule has 112 valence electrons. The van der Waals surface area contributed by atoms with E-state index in [-0.39, 0.29) is 5.69 Å². The van der Waals surface area contributed by atoms with E-state index in [1.807, 2.05) is 0 Å². The molecule has 0 saturated heterocycles.